The zero-order chi connectivity index (χ0) is 9.83. The van der Waals surface area contributed by atoms with Gasteiger partial charge in [0.1, 0.15) is 0 Å². The molecule has 4 aliphatic carbocycles. The van der Waals surface area contributed by atoms with Gasteiger partial charge in [-0.3, -0.25) is 0 Å². The fourth-order valence-corrected chi connectivity index (χ4v) is 4.42. The van der Waals surface area contributed by atoms with E-state index in [-0.39, 0.29) is 0 Å². The molecule has 0 heterocycles. The van der Waals surface area contributed by atoms with Crippen LogP contribution in [0.5, 0.6) is 0 Å². The Kier molecular flexibility index (Phi) is 1.60. The van der Waals surface area contributed by atoms with Crippen molar-refractivity contribution in [2.45, 2.75) is 38.5 Å². The molecule has 0 heteroatoms. The fraction of sp³-hybridized carbons (Fsp3) is 0.600. The van der Waals surface area contributed by atoms with Crippen molar-refractivity contribution in [1.29, 1.82) is 0 Å². The number of rotatable bonds is 0. The topological polar surface area (TPSA) is 0 Å². The molecule has 0 radical (unpaired) electrons. The molecule has 0 amide bonds. The van der Waals surface area contributed by atoms with Gasteiger partial charge in [0, 0.05) is 0 Å². The summed E-state index contributed by atoms with van der Waals surface area (Å²) in [6.45, 7) is 0. The molecular weight excluding hydrogens is 180 g/mol. The van der Waals surface area contributed by atoms with Crippen LogP contribution in [0.3, 0.4) is 0 Å². The SMILES string of the molecule is C1=CC2=C3C(=CC4CCCC(CC2)C34)C1. The van der Waals surface area contributed by atoms with E-state index >= 15 is 0 Å². The first kappa shape index (κ1) is 8.38. The third kappa shape index (κ3) is 1.03. The Hall–Kier alpha value is -0.780. The molecule has 0 N–H and O–H groups in total. The molecule has 4 rings (SSSR count). The smallest absolute Gasteiger partial charge is 0.00649 e. The molecule has 0 aromatic carbocycles. The molecule has 0 aliphatic heterocycles. The Bertz CT molecular complexity index is 394. The van der Waals surface area contributed by atoms with Gasteiger partial charge in [0.25, 0.3) is 0 Å². The van der Waals surface area contributed by atoms with Crippen molar-refractivity contribution in [3.63, 3.8) is 0 Å². The van der Waals surface area contributed by atoms with Crippen molar-refractivity contribution < 1.29 is 0 Å². The lowest BCUT2D eigenvalue weighted by Crippen LogP contribution is -2.29. The zero-order valence-electron chi connectivity index (χ0n) is 9.21. The van der Waals surface area contributed by atoms with E-state index in [9.17, 15) is 0 Å². The van der Waals surface area contributed by atoms with Gasteiger partial charge in [-0.2, -0.15) is 0 Å². The van der Waals surface area contributed by atoms with Crippen LogP contribution in [0.2, 0.25) is 0 Å². The Balaban J connectivity index is 1.88. The first-order chi connectivity index (χ1) is 7.43. The molecule has 4 aliphatic rings. The molecule has 15 heavy (non-hydrogen) atoms. The van der Waals surface area contributed by atoms with Crippen LogP contribution in [-0.4, -0.2) is 0 Å². The largest absolute Gasteiger partial charge is 0.0799 e. The Morgan fingerprint density at radius 1 is 1.13 bits per heavy atom. The van der Waals surface area contributed by atoms with Crippen LogP contribution >= 0.6 is 0 Å². The minimum Gasteiger partial charge on any atom is -0.0799 e. The lowest BCUT2D eigenvalue weighted by molar-refractivity contribution is 0.207. The van der Waals surface area contributed by atoms with Gasteiger partial charge in [0.05, 0.1) is 0 Å². The first-order valence-corrected chi connectivity index (χ1v) is 6.54. The van der Waals surface area contributed by atoms with Crippen molar-refractivity contribution in [2.24, 2.45) is 17.8 Å². The highest BCUT2D eigenvalue weighted by molar-refractivity contribution is 5.52. The summed E-state index contributed by atoms with van der Waals surface area (Å²) in [6, 6.07) is 0. The molecule has 0 bridgehead atoms. The van der Waals surface area contributed by atoms with E-state index in [2.05, 4.69) is 18.2 Å². The molecule has 0 spiro atoms. The maximum atomic E-state index is 2.63. The highest BCUT2D eigenvalue weighted by Crippen LogP contribution is 2.55. The predicted molar refractivity (Wildman–Crippen MR) is 62.4 cm³/mol. The Morgan fingerprint density at radius 3 is 3.13 bits per heavy atom. The number of allylic oxidation sites excluding steroid dienone is 6. The van der Waals surface area contributed by atoms with Crippen LogP contribution in [0.25, 0.3) is 0 Å². The Labute approximate surface area is 91.8 Å². The van der Waals surface area contributed by atoms with Gasteiger partial charge in [0.2, 0.25) is 0 Å². The zero-order valence-corrected chi connectivity index (χ0v) is 9.21. The van der Waals surface area contributed by atoms with Crippen molar-refractivity contribution in [3.8, 4) is 0 Å². The summed E-state index contributed by atoms with van der Waals surface area (Å²) in [5, 5.41) is 0. The summed E-state index contributed by atoms with van der Waals surface area (Å²) in [7, 11) is 0. The minimum absolute atomic E-state index is 0.920. The van der Waals surface area contributed by atoms with Crippen LogP contribution in [-0.2, 0) is 0 Å². The van der Waals surface area contributed by atoms with Gasteiger partial charge < -0.3 is 0 Å². The normalized spacial score (nSPS) is 41.6. The summed E-state index contributed by atoms with van der Waals surface area (Å²) < 4.78 is 0. The van der Waals surface area contributed by atoms with Crippen LogP contribution in [0.1, 0.15) is 38.5 Å². The second kappa shape index (κ2) is 2.87. The quantitative estimate of drug-likeness (QED) is 0.551. The van der Waals surface area contributed by atoms with Gasteiger partial charge in [-0.15, -0.1) is 0 Å². The fourth-order valence-electron chi connectivity index (χ4n) is 4.42. The van der Waals surface area contributed by atoms with E-state index in [1.165, 1.54) is 38.5 Å². The molecule has 0 aromatic heterocycles. The maximum Gasteiger partial charge on any atom is -0.00649 e. The molecule has 1 saturated carbocycles. The molecule has 0 aromatic rings. The van der Waals surface area contributed by atoms with Crippen LogP contribution in [0.15, 0.2) is 34.9 Å². The van der Waals surface area contributed by atoms with Crippen LogP contribution < -0.4 is 0 Å². The lowest BCUT2D eigenvalue weighted by Gasteiger charge is -2.39. The predicted octanol–water partition coefficient (Wildman–Crippen LogP) is 4.01. The lowest BCUT2D eigenvalue weighted by atomic mass is 9.65. The van der Waals surface area contributed by atoms with Crippen LogP contribution in [0.4, 0.5) is 0 Å². The van der Waals surface area contributed by atoms with E-state index in [1.54, 1.807) is 16.7 Å². The summed E-state index contributed by atoms with van der Waals surface area (Å²) in [5.74, 6) is 2.90. The van der Waals surface area contributed by atoms with Gasteiger partial charge >= 0.3 is 0 Å². The molecule has 3 atom stereocenters. The van der Waals surface area contributed by atoms with Crippen molar-refractivity contribution >= 4 is 0 Å². The maximum absolute atomic E-state index is 2.63. The molecule has 3 unspecified atom stereocenters. The molecule has 1 fully saturated rings. The molecular formula is C15H18. The summed E-state index contributed by atoms with van der Waals surface area (Å²) in [4.78, 5) is 0. The monoisotopic (exact) mass is 198 g/mol. The number of hydrogen-bond donors (Lipinski definition) is 0. The second-order valence-corrected chi connectivity index (χ2v) is 5.66. The third-order valence-electron chi connectivity index (χ3n) is 4.96. The average Bonchev–Trinajstić information content (AvgIpc) is 2.66. The van der Waals surface area contributed by atoms with Gasteiger partial charge in [0.15, 0.2) is 0 Å². The van der Waals surface area contributed by atoms with Crippen molar-refractivity contribution in [3.05, 3.63) is 34.9 Å². The number of hydrogen-bond acceptors (Lipinski definition) is 0. The van der Waals surface area contributed by atoms with E-state index in [0.29, 0.717) is 0 Å². The van der Waals surface area contributed by atoms with Gasteiger partial charge in [-0.25, -0.2) is 0 Å². The molecule has 0 nitrogen and oxygen atoms in total. The second-order valence-electron chi connectivity index (χ2n) is 5.66. The van der Waals surface area contributed by atoms with E-state index in [4.69, 9.17) is 0 Å². The minimum atomic E-state index is 0.920. The van der Waals surface area contributed by atoms with E-state index < -0.39 is 0 Å². The molecule has 78 valence electrons. The summed E-state index contributed by atoms with van der Waals surface area (Å²) in [5.41, 5.74) is 5.20. The highest BCUT2D eigenvalue weighted by Gasteiger charge is 2.43. The van der Waals surface area contributed by atoms with E-state index in [1.807, 2.05) is 0 Å². The van der Waals surface area contributed by atoms with Crippen molar-refractivity contribution in [1.82, 2.24) is 0 Å². The van der Waals surface area contributed by atoms with E-state index in [0.717, 1.165) is 17.8 Å². The average molecular weight is 198 g/mol. The first-order valence-electron chi connectivity index (χ1n) is 6.54. The van der Waals surface area contributed by atoms with Crippen LogP contribution in [0, 0.1) is 17.8 Å². The highest BCUT2D eigenvalue weighted by atomic mass is 14.5. The summed E-state index contributed by atoms with van der Waals surface area (Å²) >= 11 is 0. The summed E-state index contributed by atoms with van der Waals surface area (Å²) in [6.07, 6.45) is 15.9. The van der Waals surface area contributed by atoms with Crippen molar-refractivity contribution in [2.75, 3.05) is 0 Å². The standard InChI is InChI=1S/C15H18/c1-3-10-7-8-11-4-2-6-13-9-12(5-1)14(10)15(11)13/h1,3,9,11,13,15H,2,4-8H2. The van der Waals surface area contributed by atoms with Gasteiger partial charge in [-0.1, -0.05) is 24.6 Å². The van der Waals surface area contributed by atoms with Gasteiger partial charge in [-0.05, 0) is 66.6 Å². The third-order valence-corrected chi connectivity index (χ3v) is 4.96. The molecule has 0 saturated heterocycles. The Morgan fingerprint density at radius 2 is 2.13 bits per heavy atom.